The van der Waals surface area contributed by atoms with E-state index < -0.39 is 41.5 Å². The van der Waals surface area contributed by atoms with Crippen molar-refractivity contribution in [3.63, 3.8) is 0 Å². The van der Waals surface area contributed by atoms with E-state index in [0.29, 0.717) is 33.3 Å². The third-order valence-corrected chi connectivity index (χ3v) is 10.9. The quantitative estimate of drug-likeness (QED) is 0.00972. The number of hydrogen-bond acceptors (Lipinski definition) is 21. The first-order valence-electron chi connectivity index (χ1n) is 16.5. The van der Waals surface area contributed by atoms with Gasteiger partial charge in [-0.3, -0.25) is 13.7 Å². The molecule has 6 rings (SSSR count). The Morgan fingerprint density at radius 1 is 0.746 bits per heavy atom. The molecule has 23 nitrogen and oxygen atoms in total. The van der Waals surface area contributed by atoms with Crippen LogP contribution in [0.15, 0.2) is 121 Å². The van der Waals surface area contributed by atoms with Crippen molar-refractivity contribution < 1.29 is 58.3 Å². The molecule has 0 bridgehead atoms. The third kappa shape index (κ3) is 12.9. The Morgan fingerprint density at radius 2 is 1.36 bits per heavy atom. The number of aromatic nitrogens is 3. The van der Waals surface area contributed by atoms with Gasteiger partial charge in [-0.2, -0.15) is 60.7 Å². The molecular weight excluding hydrogens is 861 g/mol. The van der Waals surface area contributed by atoms with Crippen LogP contribution in [0.2, 0.25) is 0 Å². The standard InChI is InChI=1S/C32H30N10O13S4/c43-54-55-56-25-4-1-3-23(17-25)40-41-24-11-14-27(28(18-24)53-15-2-16-57(44,45)46)34-31-35-30(36-32(37-31)42-19-29(42)59(50,51)52)33-20-5-7-21(8-6-20)38-39-22-9-12-26(13-10-22)58(47,48)49/h1,3-14,17-18,29,43H,2,15-16,19H2,(H,44,45,46)(H,47,48,49)(H,50,51,52)(H2,33,34,35,36,37). The Labute approximate surface area is 339 Å². The highest BCUT2D eigenvalue weighted by Gasteiger charge is 2.46. The first kappa shape index (κ1) is 42.8. The van der Waals surface area contributed by atoms with Crippen molar-refractivity contribution in [1.82, 2.24) is 15.0 Å². The maximum atomic E-state index is 11.9. The van der Waals surface area contributed by atoms with E-state index in [1.54, 1.807) is 54.6 Å². The summed E-state index contributed by atoms with van der Waals surface area (Å²) in [7, 11) is -13.1. The molecule has 1 atom stereocenters. The van der Waals surface area contributed by atoms with Gasteiger partial charge in [0.25, 0.3) is 30.4 Å². The average Bonchev–Trinajstić information content (AvgIpc) is 4.01. The highest BCUT2D eigenvalue weighted by Crippen LogP contribution is 2.35. The van der Waals surface area contributed by atoms with E-state index in [9.17, 15) is 34.4 Å². The van der Waals surface area contributed by atoms with E-state index in [1.165, 1.54) is 41.3 Å². The predicted molar refractivity (Wildman–Crippen MR) is 210 cm³/mol. The summed E-state index contributed by atoms with van der Waals surface area (Å²) >= 11 is 0.731. The average molecular weight is 891 g/mol. The molecule has 0 aliphatic carbocycles. The largest absolute Gasteiger partial charge is 0.491 e. The van der Waals surface area contributed by atoms with Crippen LogP contribution in [-0.4, -0.2) is 83.4 Å². The van der Waals surface area contributed by atoms with Crippen LogP contribution in [0.5, 0.6) is 5.75 Å². The molecular formula is C32H30N10O13S4. The van der Waals surface area contributed by atoms with Crippen molar-refractivity contribution in [3.05, 3.63) is 91.0 Å². The van der Waals surface area contributed by atoms with Gasteiger partial charge in [0.2, 0.25) is 17.8 Å². The van der Waals surface area contributed by atoms with Crippen molar-refractivity contribution in [3.8, 4) is 5.75 Å². The summed E-state index contributed by atoms with van der Waals surface area (Å²) in [6.07, 6.45) is -0.0750. The van der Waals surface area contributed by atoms with Crippen LogP contribution < -0.4 is 20.3 Å². The van der Waals surface area contributed by atoms with Crippen LogP contribution in [0, 0.1) is 0 Å². The topological polar surface area (TPSA) is 326 Å². The van der Waals surface area contributed by atoms with Gasteiger partial charge in [0.15, 0.2) is 5.37 Å². The van der Waals surface area contributed by atoms with E-state index >= 15 is 0 Å². The first-order valence-corrected chi connectivity index (χ1v) is 21.8. The Kier molecular flexibility index (Phi) is 13.4. The fourth-order valence-corrected chi connectivity index (χ4v) is 6.98. The molecule has 0 radical (unpaired) electrons. The summed E-state index contributed by atoms with van der Waals surface area (Å²) in [4.78, 5) is 14.5. The van der Waals surface area contributed by atoms with Gasteiger partial charge in [0.05, 0.1) is 64.3 Å². The van der Waals surface area contributed by atoms with Gasteiger partial charge >= 0.3 is 0 Å². The van der Waals surface area contributed by atoms with Gasteiger partial charge in [-0.25, -0.2) is 5.26 Å². The van der Waals surface area contributed by atoms with Crippen molar-refractivity contribution >= 4 is 94.4 Å². The number of ether oxygens (including phenoxy) is 1. The molecule has 1 aliphatic heterocycles. The molecule has 1 aromatic heterocycles. The molecule has 59 heavy (non-hydrogen) atoms. The van der Waals surface area contributed by atoms with Crippen LogP contribution in [0.25, 0.3) is 0 Å². The monoisotopic (exact) mass is 890 g/mol. The molecule has 4 aromatic carbocycles. The van der Waals surface area contributed by atoms with Crippen molar-refractivity contribution in [2.75, 3.05) is 34.4 Å². The molecule has 5 aromatic rings. The van der Waals surface area contributed by atoms with Crippen LogP contribution >= 0.6 is 12.0 Å². The van der Waals surface area contributed by atoms with Gasteiger partial charge in [0.1, 0.15) is 5.75 Å². The number of azo groups is 2. The van der Waals surface area contributed by atoms with Gasteiger partial charge in [0, 0.05) is 16.6 Å². The van der Waals surface area contributed by atoms with E-state index in [2.05, 4.69) is 55.4 Å². The second-order valence-corrected chi connectivity index (χ2v) is 17.3. The molecule has 1 fully saturated rings. The van der Waals surface area contributed by atoms with E-state index in [-0.39, 0.29) is 53.7 Å². The minimum Gasteiger partial charge on any atom is -0.491 e. The van der Waals surface area contributed by atoms with Gasteiger partial charge in [-0.15, -0.1) is 4.33 Å². The highest BCUT2D eigenvalue weighted by molar-refractivity contribution is 7.94. The van der Waals surface area contributed by atoms with E-state index in [0.717, 1.165) is 12.0 Å². The Balaban J connectivity index is 1.24. The summed E-state index contributed by atoms with van der Waals surface area (Å²) in [6, 6.07) is 22.7. The SMILES string of the molecule is O=S(=O)(O)CCCOc1cc(N=Nc2cccc(SOOO)c2)ccc1Nc1nc(Nc2ccc(N=Nc3ccc(S(=O)(=O)O)cc3)cc2)nc(N2CC2S(=O)(=O)O)n1. The minimum absolute atomic E-state index is 0.0517. The van der Waals surface area contributed by atoms with Crippen molar-refractivity contribution in [2.45, 2.75) is 21.6 Å². The van der Waals surface area contributed by atoms with Crippen molar-refractivity contribution in [1.29, 1.82) is 0 Å². The summed E-state index contributed by atoms with van der Waals surface area (Å²) in [6.45, 7) is -0.262. The molecule has 0 saturated carbocycles. The smallest absolute Gasteiger partial charge is 0.294 e. The molecule has 27 heteroatoms. The molecule has 1 aliphatic rings. The number of benzene rings is 4. The molecule has 1 unspecified atom stereocenters. The Morgan fingerprint density at radius 3 is 1.97 bits per heavy atom. The maximum absolute atomic E-state index is 11.9. The lowest BCUT2D eigenvalue weighted by atomic mass is 10.2. The molecule has 2 heterocycles. The molecule has 0 amide bonds. The molecule has 0 spiro atoms. The third-order valence-electron chi connectivity index (χ3n) is 7.61. The van der Waals surface area contributed by atoms with E-state index in [1.807, 2.05) is 0 Å². The lowest BCUT2D eigenvalue weighted by molar-refractivity contribution is -0.432. The zero-order valence-electron chi connectivity index (χ0n) is 29.7. The Hall–Kier alpha value is -5.75. The van der Waals surface area contributed by atoms with Gasteiger partial charge < -0.3 is 20.3 Å². The lowest BCUT2D eigenvalue weighted by Crippen LogP contribution is -2.15. The second kappa shape index (κ2) is 18.4. The molecule has 1 saturated heterocycles. The summed E-state index contributed by atoms with van der Waals surface area (Å²) in [5.41, 5.74) is 2.15. The number of hydrogen-bond donors (Lipinski definition) is 6. The minimum atomic E-state index is -4.47. The first-order chi connectivity index (χ1) is 28.0. The van der Waals surface area contributed by atoms with Gasteiger partial charge in [-0.05, 0) is 85.3 Å². The number of rotatable bonds is 19. The highest BCUT2D eigenvalue weighted by atomic mass is 32.2. The fourth-order valence-electron chi connectivity index (χ4n) is 4.84. The summed E-state index contributed by atoms with van der Waals surface area (Å²) in [5.74, 6) is -0.709. The van der Waals surface area contributed by atoms with Crippen LogP contribution in [-0.2, 0) is 39.7 Å². The maximum Gasteiger partial charge on any atom is 0.294 e. The summed E-state index contributed by atoms with van der Waals surface area (Å²) < 4.78 is 107. The number of anilines is 5. The number of nitrogens with one attached hydrogen (secondary N) is 2. The predicted octanol–water partition coefficient (Wildman–Crippen LogP) is 6.56. The Bertz CT molecular complexity index is 2690. The molecule has 310 valence electrons. The van der Waals surface area contributed by atoms with Crippen LogP contribution in [0.4, 0.5) is 52.0 Å². The van der Waals surface area contributed by atoms with Crippen molar-refractivity contribution in [2.24, 2.45) is 20.5 Å². The number of nitrogens with zero attached hydrogens (tertiary/aromatic N) is 8. The molecule has 6 N–H and O–H groups in total. The zero-order chi connectivity index (χ0) is 42.2. The van der Waals surface area contributed by atoms with Crippen LogP contribution in [0.1, 0.15) is 6.42 Å². The summed E-state index contributed by atoms with van der Waals surface area (Å²) in [5, 5.41) is 33.3. The van der Waals surface area contributed by atoms with E-state index in [4.69, 9.17) is 14.5 Å². The fraction of sp³-hybridized carbons (Fsp3) is 0.156. The van der Waals surface area contributed by atoms with Gasteiger partial charge in [-0.1, -0.05) is 11.1 Å². The zero-order valence-corrected chi connectivity index (χ0v) is 33.0. The van der Waals surface area contributed by atoms with Crippen LogP contribution in [0.3, 0.4) is 0 Å². The lowest BCUT2D eigenvalue weighted by Gasteiger charge is -2.15. The second-order valence-electron chi connectivity index (χ2n) is 12.0. The normalized spacial score (nSPS) is 14.5.